The highest BCUT2D eigenvalue weighted by Crippen LogP contribution is 2.39. The van der Waals surface area contributed by atoms with E-state index in [9.17, 15) is 30.3 Å². The van der Waals surface area contributed by atoms with Gasteiger partial charge in [0, 0.05) is 23.0 Å². The highest BCUT2D eigenvalue weighted by atomic mass is 16.6. The van der Waals surface area contributed by atoms with Gasteiger partial charge in [-0.25, -0.2) is 0 Å². The summed E-state index contributed by atoms with van der Waals surface area (Å²) in [5, 5.41) is 40.2. The molecule has 4 aromatic rings. The fraction of sp³-hybridized carbons (Fsp3) is 0.0417. The molecule has 0 amide bonds. The number of pyridine rings is 1. The number of phenolic OH excluding ortho intramolecular Hbond substituents is 1. The first-order chi connectivity index (χ1) is 16.7. The van der Waals surface area contributed by atoms with Gasteiger partial charge in [0.15, 0.2) is 0 Å². The van der Waals surface area contributed by atoms with Gasteiger partial charge in [-0.15, -0.1) is 0 Å². The average molecular weight is 474 g/mol. The Hall–Kier alpha value is -5.19. The molecule has 3 aromatic carbocycles. The summed E-state index contributed by atoms with van der Waals surface area (Å²) in [5.74, 6) is -1.21. The summed E-state index contributed by atoms with van der Waals surface area (Å²) >= 11 is 0. The van der Waals surface area contributed by atoms with Crippen LogP contribution in [-0.2, 0) is 0 Å². The molecule has 11 nitrogen and oxygen atoms in total. The lowest BCUT2D eigenvalue weighted by molar-refractivity contribution is -0.404. The number of nitrogens with zero attached hydrogens (tertiary/aromatic N) is 4. The van der Waals surface area contributed by atoms with Crippen LogP contribution in [-0.4, -0.2) is 24.9 Å². The molecule has 1 heterocycles. The van der Waals surface area contributed by atoms with Crippen molar-refractivity contribution in [3.05, 3.63) is 121 Å². The quantitative estimate of drug-likeness (QED) is 0.278. The first-order valence-electron chi connectivity index (χ1n) is 10.1. The summed E-state index contributed by atoms with van der Waals surface area (Å²) < 4.78 is 0. The fourth-order valence-electron chi connectivity index (χ4n) is 3.21. The van der Waals surface area contributed by atoms with Crippen LogP contribution >= 0.6 is 0 Å². The third-order valence-corrected chi connectivity index (χ3v) is 4.94. The van der Waals surface area contributed by atoms with Gasteiger partial charge < -0.3 is 5.11 Å². The number of rotatable bonds is 5. The maximum absolute atomic E-state index is 10.4. The minimum absolute atomic E-state index is 0.447. The van der Waals surface area contributed by atoms with E-state index in [1.807, 2.05) is 18.3 Å². The molecular weight excluding hydrogens is 456 g/mol. The number of aromatic hydroxyl groups is 1. The number of phenols is 1. The van der Waals surface area contributed by atoms with E-state index in [0.29, 0.717) is 12.1 Å². The number of hydrogen-bond donors (Lipinski definition) is 1. The predicted octanol–water partition coefficient (Wildman–Crippen LogP) is 5.84. The molecule has 0 saturated carbocycles. The van der Waals surface area contributed by atoms with Crippen LogP contribution in [0.15, 0.2) is 85.1 Å². The van der Waals surface area contributed by atoms with Crippen molar-refractivity contribution in [2.45, 2.75) is 6.92 Å². The van der Waals surface area contributed by atoms with Crippen LogP contribution in [0, 0.1) is 37.3 Å². The molecule has 4 rings (SSSR count). The number of nitro benzene ring substituents is 3. The Kier molecular flexibility index (Phi) is 7.42. The van der Waals surface area contributed by atoms with E-state index in [1.165, 1.54) is 16.7 Å². The van der Waals surface area contributed by atoms with E-state index >= 15 is 0 Å². The standard InChI is InChI=1S/C18H15N.C6H3N3O7/c1-14-18(16-10-6-3-7-11-16)12-17(13-19-14)15-8-4-2-5-9-15;10-6-4(8(13)14)1-3(7(11)12)2-5(6)9(15)16/h2-13H,1H3;1-2,10H. The Morgan fingerprint density at radius 3 is 1.63 bits per heavy atom. The molecule has 0 spiro atoms. The van der Waals surface area contributed by atoms with E-state index in [4.69, 9.17) is 5.11 Å². The molecule has 0 unspecified atom stereocenters. The molecule has 0 saturated heterocycles. The summed E-state index contributed by atoms with van der Waals surface area (Å²) in [6.07, 6.45) is 1.94. The minimum Gasteiger partial charge on any atom is -0.497 e. The van der Waals surface area contributed by atoms with Crippen molar-refractivity contribution in [3.8, 4) is 28.0 Å². The number of nitro groups is 3. The number of hydrogen-bond acceptors (Lipinski definition) is 8. The second kappa shape index (κ2) is 10.6. The van der Waals surface area contributed by atoms with Gasteiger partial charge in [-0.1, -0.05) is 60.7 Å². The van der Waals surface area contributed by atoms with Gasteiger partial charge in [0.2, 0.25) is 0 Å². The molecule has 11 heteroatoms. The molecule has 1 N–H and O–H groups in total. The summed E-state index contributed by atoms with van der Waals surface area (Å²) in [4.78, 5) is 32.3. The molecule has 0 aliphatic heterocycles. The molecular formula is C24H18N4O7. The number of aromatic nitrogens is 1. The van der Waals surface area contributed by atoms with Gasteiger partial charge in [-0.05, 0) is 24.1 Å². The normalized spacial score (nSPS) is 10.1. The lowest BCUT2D eigenvalue weighted by atomic mass is 10.00. The molecule has 0 aliphatic carbocycles. The van der Waals surface area contributed by atoms with E-state index in [2.05, 4.69) is 66.5 Å². The summed E-state index contributed by atoms with van der Waals surface area (Å²) in [7, 11) is 0. The smallest absolute Gasteiger partial charge is 0.324 e. The van der Waals surface area contributed by atoms with Crippen LogP contribution in [0.3, 0.4) is 0 Å². The second-order valence-electron chi connectivity index (χ2n) is 7.19. The van der Waals surface area contributed by atoms with Gasteiger partial charge >= 0.3 is 11.4 Å². The second-order valence-corrected chi connectivity index (χ2v) is 7.19. The Morgan fingerprint density at radius 2 is 1.17 bits per heavy atom. The topological polar surface area (TPSA) is 163 Å². The van der Waals surface area contributed by atoms with Crippen molar-refractivity contribution >= 4 is 17.1 Å². The maximum atomic E-state index is 10.4. The van der Waals surface area contributed by atoms with E-state index in [0.717, 1.165) is 11.3 Å². The van der Waals surface area contributed by atoms with Crippen LogP contribution in [0.4, 0.5) is 17.1 Å². The maximum Gasteiger partial charge on any atom is 0.324 e. The van der Waals surface area contributed by atoms with E-state index in [-0.39, 0.29) is 0 Å². The molecule has 0 fully saturated rings. The monoisotopic (exact) mass is 474 g/mol. The zero-order chi connectivity index (χ0) is 25.5. The van der Waals surface area contributed by atoms with E-state index in [1.54, 1.807) is 0 Å². The first kappa shape index (κ1) is 24.5. The van der Waals surface area contributed by atoms with E-state index < -0.39 is 37.6 Å². The molecule has 0 bridgehead atoms. The molecule has 35 heavy (non-hydrogen) atoms. The lowest BCUT2D eigenvalue weighted by Crippen LogP contribution is -1.97. The third kappa shape index (κ3) is 5.79. The van der Waals surface area contributed by atoms with Gasteiger partial charge in [0.25, 0.3) is 11.4 Å². The van der Waals surface area contributed by atoms with Gasteiger partial charge in [-0.2, -0.15) is 0 Å². The molecule has 176 valence electrons. The SMILES string of the molecule is Cc1ncc(-c2ccccc2)cc1-c1ccccc1.O=[N+]([O-])c1cc([N+](=O)[O-])c(O)c([N+](=O)[O-])c1. The van der Waals surface area contributed by atoms with Crippen molar-refractivity contribution in [2.75, 3.05) is 0 Å². The van der Waals surface area contributed by atoms with Crippen LogP contribution in [0.25, 0.3) is 22.3 Å². The van der Waals surface area contributed by atoms with Crippen molar-refractivity contribution in [1.29, 1.82) is 0 Å². The van der Waals surface area contributed by atoms with Gasteiger partial charge in [0.1, 0.15) is 0 Å². The number of non-ortho nitro benzene ring substituents is 1. The van der Waals surface area contributed by atoms with Crippen molar-refractivity contribution in [1.82, 2.24) is 4.98 Å². The Labute approximate surface area is 198 Å². The number of aryl methyl sites for hydroxylation is 1. The molecule has 0 aliphatic rings. The summed E-state index contributed by atoms with van der Waals surface area (Å²) in [6, 6.07) is 23.9. The highest BCUT2D eigenvalue weighted by Gasteiger charge is 2.30. The summed E-state index contributed by atoms with van der Waals surface area (Å²) in [5.41, 5.74) is 2.83. The minimum atomic E-state index is -1.21. The fourth-order valence-corrected chi connectivity index (χ4v) is 3.21. The van der Waals surface area contributed by atoms with Crippen molar-refractivity contribution < 1.29 is 19.9 Å². The Balaban J connectivity index is 0.000000199. The average Bonchev–Trinajstić information content (AvgIpc) is 2.85. The van der Waals surface area contributed by atoms with Crippen LogP contribution in [0.5, 0.6) is 5.75 Å². The zero-order valence-corrected chi connectivity index (χ0v) is 18.3. The molecule has 1 aromatic heterocycles. The summed E-state index contributed by atoms with van der Waals surface area (Å²) in [6.45, 7) is 2.05. The molecule has 0 atom stereocenters. The first-order valence-corrected chi connectivity index (χ1v) is 10.1. The largest absolute Gasteiger partial charge is 0.497 e. The third-order valence-electron chi connectivity index (χ3n) is 4.94. The van der Waals surface area contributed by atoms with Crippen LogP contribution in [0.2, 0.25) is 0 Å². The Morgan fingerprint density at radius 1 is 0.686 bits per heavy atom. The van der Waals surface area contributed by atoms with Gasteiger partial charge in [-0.3, -0.25) is 35.3 Å². The van der Waals surface area contributed by atoms with Crippen LogP contribution < -0.4 is 0 Å². The highest BCUT2D eigenvalue weighted by molar-refractivity contribution is 5.73. The van der Waals surface area contributed by atoms with Crippen molar-refractivity contribution in [2.24, 2.45) is 0 Å². The van der Waals surface area contributed by atoms with Crippen molar-refractivity contribution in [3.63, 3.8) is 0 Å². The number of benzene rings is 3. The Bertz CT molecular complexity index is 1360. The van der Waals surface area contributed by atoms with Crippen LogP contribution in [0.1, 0.15) is 5.69 Å². The van der Waals surface area contributed by atoms with Gasteiger partial charge in [0.05, 0.1) is 26.9 Å². The lowest BCUT2D eigenvalue weighted by Gasteiger charge is -2.08. The molecule has 0 radical (unpaired) electrons. The predicted molar refractivity (Wildman–Crippen MR) is 128 cm³/mol. The zero-order valence-electron chi connectivity index (χ0n) is 18.3.